The van der Waals surface area contributed by atoms with E-state index in [-0.39, 0.29) is 31.9 Å². The SMILES string of the molecule is [2H]Cc1cc(O)cc(C[2H])c1C[C@H](NC(=O)OC(C)(C)C)C(=O)NC(C)(C)C(=O)NCCCc1ccccc1. The van der Waals surface area contributed by atoms with Crippen molar-refractivity contribution in [2.45, 2.75) is 84.9 Å². The van der Waals surface area contributed by atoms with Gasteiger partial charge in [0, 0.05) is 15.7 Å². The summed E-state index contributed by atoms with van der Waals surface area (Å²) in [5.41, 5.74) is 0.471. The number of phenolic OH excluding ortho intramolecular Hbond substituents is 1. The zero-order valence-corrected chi connectivity index (χ0v) is 22.4. The van der Waals surface area contributed by atoms with E-state index in [2.05, 4.69) is 16.0 Å². The summed E-state index contributed by atoms with van der Waals surface area (Å²) in [4.78, 5) is 39.0. The van der Waals surface area contributed by atoms with E-state index in [4.69, 9.17) is 7.48 Å². The summed E-state index contributed by atoms with van der Waals surface area (Å²) in [7, 11) is 0. The third-order valence-electron chi connectivity index (χ3n) is 5.61. The molecule has 0 fully saturated rings. The van der Waals surface area contributed by atoms with Crippen LogP contribution in [0.2, 0.25) is 0 Å². The molecule has 2 rings (SSSR count). The number of carbonyl (C=O) groups excluding carboxylic acids is 3. The fraction of sp³-hybridized carbons (Fsp3) is 0.483. The highest BCUT2D eigenvalue weighted by Crippen LogP contribution is 2.22. The molecule has 8 heteroatoms. The molecule has 0 aliphatic rings. The zero-order chi connectivity index (χ0) is 29.2. The van der Waals surface area contributed by atoms with Crippen molar-refractivity contribution in [2.24, 2.45) is 0 Å². The predicted octanol–water partition coefficient (Wildman–Crippen LogP) is 4.09. The summed E-state index contributed by atoms with van der Waals surface area (Å²) in [6.07, 6.45) is 0.668. The minimum absolute atomic E-state index is 0.0530. The molecule has 0 saturated heterocycles. The number of carbonyl (C=O) groups is 3. The molecule has 2 aromatic rings. The van der Waals surface area contributed by atoms with Crippen LogP contribution in [-0.4, -0.2) is 46.7 Å². The fourth-order valence-electron chi connectivity index (χ4n) is 3.72. The van der Waals surface area contributed by atoms with Crippen LogP contribution >= 0.6 is 0 Å². The Hall–Kier alpha value is -3.55. The molecule has 4 N–H and O–H groups in total. The van der Waals surface area contributed by atoms with Gasteiger partial charge >= 0.3 is 6.09 Å². The van der Waals surface area contributed by atoms with E-state index in [1.807, 2.05) is 30.3 Å². The van der Waals surface area contributed by atoms with Crippen molar-refractivity contribution in [2.75, 3.05) is 6.54 Å². The summed E-state index contributed by atoms with van der Waals surface area (Å²) < 4.78 is 21.1. The Kier molecular flexibility index (Phi) is 9.04. The van der Waals surface area contributed by atoms with E-state index in [9.17, 15) is 19.5 Å². The monoisotopic (exact) mass is 513 g/mol. The van der Waals surface area contributed by atoms with Gasteiger partial charge in [0.2, 0.25) is 11.8 Å². The molecule has 0 bridgehead atoms. The standard InChI is InChI=1S/C29H41N3O5/c1-19-16-22(33)17-20(2)23(19)18-24(31-27(36)37-28(3,4)5)25(34)32-29(6,7)26(35)30-15-11-14-21-12-9-8-10-13-21/h8-10,12-13,16-17,24,33H,11,14-15,18H2,1-7H3,(H,30,35)(H,31,36)(H,32,34)/t24-/m0/s1/i1D,2D. The molecule has 1 atom stereocenters. The van der Waals surface area contributed by atoms with Crippen molar-refractivity contribution in [1.82, 2.24) is 16.0 Å². The van der Waals surface area contributed by atoms with Crippen LogP contribution in [0.15, 0.2) is 42.5 Å². The van der Waals surface area contributed by atoms with Crippen molar-refractivity contribution in [3.63, 3.8) is 0 Å². The lowest BCUT2D eigenvalue weighted by atomic mass is 9.94. The number of benzene rings is 2. The Balaban J connectivity index is 2.16. The molecule has 0 unspecified atom stereocenters. The number of alkyl carbamates (subject to hydrolysis) is 1. The quantitative estimate of drug-likeness (QED) is 0.357. The van der Waals surface area contributed by atoms with E-state index in [1.165, 1.54) is 17.7 Å². The molecule has 0 saturated carbocycles. The number of rotatable bonds is 10. The molecular weight excluding hydrogens is 470 g/mol. The number of ether oxygens (including phenoxy) is 1. The average Bonchev–Trinajstić information content (AvgIpc) is 2.85. The van der Waals surface area contributed by atoms with Crippen LogP contribution in [0.1, 0.15) is 66.0 Å². The summed E-state index contributed by atoms with van der Waals surface area (Å²) in [5, 5.41) is 18.1. The van der Waals surface area contributed by atoms with Gasteiger partial charge in [0.1, 0.15) is 22.9 Å². The van der Waals surface area contributed by atoms with Gasteiger partial charge in [-0.3, -0.25) is 9.59 Å². The minimum atomic E-state index is -1.29. The van der Waals surface area contributed by atoms with Gasteiger partial charge in [0.05, 0.1) is 0 Å². The van der Waals surface area contributed by atoms with Gasteiger partial charge in [-0.05, 0) is 95.6 Å². The van der Waals surface area contributed by atoms with Crippen LogP contribution in [-0.2, 0) is 27.2 Å². The number of phenols is 1. The van der Waals surface area contributed by atoms with Crippen molar-refractivity contribution < 1.29 is 27.0 Å². The Morgan fingerprint density at radius 2 is 1.65 bits per heavy atom. The third-order valence-corrected chi connectivity index (χ3v) is 5.61. The maximum absolute atomic E-state index is 13.4. The molecule has 0 spiro atoms. The highest BCUT2D eigenvalue weighted by atomic mass is 16.6. The Morgan fingerprint density at radius 3 is 2.22 bits per heavy atom. The van der Waals surface area contributed by atoms with Crippen molar-refractivity contribution in [3.8, 4) is 5.75 Å². The van der Waals surface area contributed by atoms with Crippen LogP contribution in [0, 0.1) is 13.8 Å². The van der Waals surface area contributed by atoms with Gasteiger partial charge in [-0.25, -0.2) is 4.79 Å². The summed E-state index contributed by atoms with van der Waals surface area (Å²) in [5.74, 6) is -1.07. The van der Waals surface area contributed by atoms with Gasteiger partial charge < -0.3 is 25.8 Å². The highest BCUT2D eigenvalue weighted by Gasteiger charge is 2.33. The first-order valence-corrected chi connectivity index (χ1v) is 12.3. The number of aryl methyl sites for hydroxylation is 3. The van der Waals surface area contributed by atoms with Crippen LogP contribution < -0.4 is 16.0 Å². The lowest BCUT2D eigenvalue weighted by Crippen LogP contribution is -2.60. The Labute approximate surface area is 223 Å². The number of hydrogen-bond donors (Lipinski definition) is 4. The summed E-state index contributed by atoms with van der Waals surface area (Å²) >= 11 is 0. The summed E-state index contributed by atoms with van der Waals surface area (Å²) in [6, 6.07) is 11.6. The fourth-order valence-corrected chi connectivity index (χ4v) is 3.72. The lowest BCUT2D eigenvalue weighted by molar-refractivity contribution is -0.133. The molecule has 0 radical (unpaired) electrons. The van der Waals surface area contributed by atoms with Crippen LogP contribution in [0.3, 0.4) is 0 Å². The van der Waals surface area contributed by atoms with E-state index in [0.29, 0.717) is 23.2 Å². The van der Waals surface area contributed by atoms with Gasteiger partial charge in [0.15, 0.2) is 0 Å². The van der Waals surface area contributed by atoms with Crippen molar-refractivity contribution >= 4 is 17.9 Å². The Bertz CT molecular complexity index is 1110. The van der Waals surface area contributed by atoms with E-state index in [1.54, 1.807) is 34.6 Å². The topological polar surface area (TPSA) is 117 Å². The normalized spacial score (nSPS) is 13.1. The molecular formula is C29H41N3O5. The van der Waals surface area contributed by atoms with Crippen LogP contribution in [0.4, 0.5) is 4.79 Å². The zero-order valence-electron chi connectivity index (χ0n) is 24.4. The van der Waals surface area contributed by atoms with E-state index < -0.39 is 29.2 Å². The first kappa shape index (κ1) is 26.5. The van der Waals surface area contributed by atoms with Gasteiger partial charge in [-0.2, -0.15) is 0 Å². The van der Waals surface area contributed by atoms with Gasteiger partial charge in [-0.15, -0.1) is 0 Å². The minimum Gasteiger partial charge on any atom is -0.508 e. The molecule has 0 aliphatic carbocycles. The molecule has 3 amide bonds. The second-order valence-corrected chi connectivity index (χ2v) is 10.6. The first-order chi connectivity index (χ1) is 18.3. The number of aromatic hydroxyl groups is 1. The maximum Gasteiger partial charge on any atom is 0.408 e. The number of nitrogens with one attached hydrogen (secondary N) is 3. The largest absolute Gasteiger partial charge is 0.508 e. The van der Waals surface area contributed by atoms with E-state index >= 15 is 0 Å². The second-order valence-electron chi connectivity index (χ2n) is 10.6. The van der Waals surface area contributed by atoms with Gasteiger partial charge in [-0.1, -0.05) is 30.3 Å². The number of amides is 3. The molecule has 0 aliphatic heterocycles. The molecule has 202 valence electrons. The average molecular weight is 514 g/mol. The van der Waals surface area contributed by atoms with Crippen molar-refractivity contribution in [3.05, 3.63) is 64.7 Å². The molecule has 0 aromatic heterocycles. The molecule has 2 aromatic carbocycles. The van der Waals surface area contributed by atoms with Crippen molar-refractivity contribution in [1.29, 1.82) is 0 Å². The number of hydrogen-bond acceptors (Lipinski definition) is 5. The molecule has 37 heavy (non-hydrogen) atoms. The first-order valence-electron chi connectivity index (χ1n) is 13.7. The predicted molar refractivity (Wildman–Crippen MR) is 144 cm³/mol. The third kappa shape index (κ3) is 9.79. The Morgan fingerprint density at radius 1 is 1.03 bits per heavy atom. The second kappa shape index (κ2) is 12.6. The van der Waals surface area contributed by atoms with Crippen LogP contribution in [0.25, 0.3) is 0 Å². The maximum atomic E-state index is 13.4. The molecule has 0 heterocycles. The van der Waals surface area contributed by atoms with E-state index in [0.717, 1.165) is 12.8 Å². The summed E-state index contributed by atoms with van der Waals surface area (Å²) in [6.45, 7) is 8.30. The highest BCUT2D eigenvalue weighted by molar-refractivity contribution is 5.93. The van der Waals surface area contributed by atoms with Gasteiger partial charge in [0.25, 0.3) is 0 Å². The smallest absolute Gasteiger partial charge is 0.408 e. The van der Waals surface area contributed by atoms with Crippen LogP contribution in [0.5, 0.6) is 5.75 Å². The lowest BCUT2D eigenvalue weighted by Gasteiger charge is -2.29. The molecule has 8 nitrogen and oxygen atoms in total.